The van der Waals surface area contributed by atoms with Crippen molar-refractivity contribution in [2.45, 2.75) is 13.0 Å². The van der Waals surface area contributed by atoms with Gasteiger partial charge in [0.15, 0.2) is 11.9 Å². The van der Waals surface area contributed by atoms with Crippen LogP contribution in [0.5, 0.6) is 5.75 Å². The Bertz CT molecular complexity index is 1490. The van der Waals surface area contributed by atoms with Gasteiger partial charge in [-0.1, -0.05) is 60.7 Å². The topological polar surface area (TPSA) is 84.1 Å². The number of carbonyl (C=O) groups is 2. The molecule has 0 aliphatic heterocycles. The largest absolute Gasteiger partial charge is 0.481 e. The number of rotatable bonds is 7. The van der Waals surface area contributed by atoms with E-state index in [1.165, 1.54) is 0 Å². The molecule has 172 valence electrons. The zero-order valence-corrected chi connectivity index (χ0v) is 19.1. The second-order valence-electron chi connectivity index (χ2n) is 8.16. The number of aromatic nitrogens is 2. The van der Waals surface area contributed by atoms with E-state index in [2.05, 4.69) is 15.3 Å². The summed E-state index contributed by atoms with van der Waals surface area (Å²) >= 11 is 0. The van der Waals surface area contributed by atoms with Gasteiger partial charge < -0.3 is 15.0 Å². The van der Waals surface area contributed by atoms with Crippen molar-refractivity contribution in [1.82, 2.24) is 9.97 Å². The number of ketones is 1. The molecular formula is C29H23N3O3. The van der Waals surface area contributed by atoms with E-state index in [1.807, 2.05) is 84.9 Å². The SMILES string of the molecule is CC(Oc1ccccc1)C(=O)Nc1cccc(-c2nc3ccc(C(=O)c4ccccc4)cc3[nH]2)c1. The minimum Gasteiger partial charge on any atom is -0.481 e. The van der Waals surface area contributed by atoms with Crippen molar-refractivity contribution in [3.05, 3.63) is 114 Å². The number of fused-ring (bicyclic) bond motifs is 1. The normalized spacial score (nSPS) is 11.7. The van der Waals surface area contributed by atoms with E-state index in [-0.39, 0.29) is 11.7 Å². The number of imidazole rings is 1. The van der Waals surface area contributed by atoms with E-state index < -0.39 is 6.10 Å². The Kier molecular flexibility index (Phi) is 6.09. The van der Waals surface area contributed by atoms with Gasteiger partial charge in [0, 0.05) is 22.4 Å². The van der Waals surface area contributed by atoms with Crippen molar-refractivity contribution in [1.29, 1.82) is 0 Å². The highest BCUT2D eigenvalue weighted by molar-refractivity contribution is 6.10. The molecule has 5 rings (SSSR count). The number of hydrogen-bond donors (Lipinski definition) is 2. The second kappa shape index (κ2) is 9.65. The van der Waals surface area contributed by atoms with Crippen LogP contribution in [-0.2, 0) is 4.79 Å². The van der Waals surface area contributed by atoms with Crippen LogP contribution < -0.4 is 10.1 Å². The van der Waals surface area contributed by atoms with Crippen LogP contribution in [0.25, 0.3) is 22.4 Å². The van der Waals surface area contributed by atoms with Gasteiger partial charge in [-0.25, -0.2) is 4.98 Å². The summed E-state index contributed by atoms with van der Waals surface area (Å²) in [4.78, 5) is 33.4. The van der Waals surface area contributed by atoms with Crippen LogP contribution >= 0.6 is 0 Å². The van der Waals surface area contributed by atoms with E-state index in [1.54, 1.807) is 25.1 Å². The molecule has 0 aliphatic rings. The molecule has 2 N–H and O–H groups in total. The van der Waals surface area contributed by atoms with Crippen LogP contribution in [0.4, 0.5) is 5.69 Å². The minimum atomic E-state index is -0.659. The third kappa shape index (κ3) is 4.96. The molecule has 0 spiro atoms. The summed E-state index contributed by atoms with van der Waals surface area (Å²) in [6, 6.07) is 31.3. The fraction of sp³-hybridized carbons (Fsp3) is 0.0690. The number of hydrogen-bond acceptors (Lipinski definition) is 4. The molecule has 4 aromatic carbocycles. The molecule has 0 saturated carbocycles. The van der Waals surface area contributed by atoms with Gasteiger partial charge in [-0.05, 0) is 49.4 Å². The monoisotopic (exact) mass is 461 g/mol. The first-order chi connectivity index (χ1) is 17.1. The van der Waals surface area contributed by atoms with Crippen LogP contribution in [0.2, 0.25) is 0 Å². The van der Waals surface area contributed by atoms with Crippen LogP contribution in [0.15, 0.2) is 103 Å². The van der Waals surface area contributed by atoms with Gasteiger partial charge in [0.25, 0.3) is 5.91 Å². The first kappa shape index (κ1) is 22.1. The molecule has 0 radical (unpaired) electrons. The highest BCUT2D eigenvalue weighted by Crippen LogP contribution is 2.25. The van der Waals surface area contributed by atoms with Gasteiger partial charge in [0.2, 0.25) is 0 Å². The maximum Gasteiger partial charge on any atom is 0.265 e. The minimum absolute atomic E-state index is 0.0415. The van der Waals surface area contributed by atoms with E-state index in [9.17, 15) is 9.59 Å². The Morgan fingerprint density at radius 2 is 1.57 bits per heavy atom. The Balaban J connectivity index is 1.34. The summed E-state index contributed by atoms with van der Waals surface area (Å²) in [5.41, 5.74) is 4.20. The molecule has 6 heteroatoms. The Hall–Kier alpha value is -4.71. The van der Waals surface area contributed by atoms with Gasteiger partial charge in [-0.15, -0.1) is 0 Å². The average molecular weight is 462 g/mol. The van der Waals surface area contributed by atoms with Gasteiger partial charge in [0.05, 0.1) is 11.0 Å². The Morgan fingerprint density at radius 3 is 2.34 bits per heavy atom. The molecule has 1 heterocycles. The standard InChI is InChI=1S/C29H23N3O3/c1-19(35-24-13-6-3-7-14-24)29(34)30-23-12-8-11-22(17-23)28-31-25-16-15-21(18-26(25)32-28)27(33)20-9-4-2-5-10-20/h2-19H,1H3,(H,30,34)(H,31,32). The first-order valence-corrected chi connectivity index (χ1v) is 11.3. The van der Waals surface area contributed by atoms with E-state index in [4.69, 9.17) is 4.74 Å². The van der Waals surface area contributed by atoms with Gasteiger partial charge in [-0.3, -0.25) is 9.59 Å². The second-order valence-corrected chi connectivity index (χ2v) is 8.16. The number of para-hydroxylation sites is 1. The lowest BCUT2D eigenvalue weighted by Crippen LogP contribution is -2.30. The molecular weight excluding hydrogens is 438 g/mol. The number of ether oxygens (including phenoxy) is 1. The molecule has 0 bridgehead atoms. The number of H-pyrrole nitrogens is 1. The van der Waals surface area contributed by atoms with Crippen LogP contribution in [-0.4, -0.2) is 27.8 Å². The first-order valence-electron chi connectivity index (χ1n) is 11.3. The molecule has 1 unspecified atom stereocenters. The predicted molar refractivity (Wildman–Crippen MR) is 137 cm³/mol. The predicted octanol–water partition coefficient (Wildman–Crippen LogP) is 5.87. The lowest BCUT2D eigenvalue weighted by atomic mass is 10.0. The lowest BCUT2D eigenvalue weighted by molar-refractivity contribution is -0.122. The summed E-state index contributed by atoms with van der Waals surface area (Å²) in [7, 11) is 0. The van der Waals surface area contributed by atoms with E-state index >= 15 is 0 Å². The maximum atomic E-state index is 12.8. The van der Waals surface area contributed by atoms with Crippen LogP contribution in [0.1, 0.15) is 22.8 Å². The number of benzene rings is 4. The number of nitrogens with zero attached hydrogens (tertiary/aromatic N) is 1. The van der Waals surface area contributed by atoms with Crippen molar-refractivity contribution in [3.8, 4) is 17.1 Å². The highest BCUT2D eigenvalue weighted by Gasteiger charge is 2.16. The van der Waals surface area contributed by atoms with Crippen molar-refractivity contribution in [3.63, 3.8) is 0 Å². The van der Waals surface area contributed by atoms with E-state index in [0.717, 1.165) is 16.6 Å². The number of anilines is 1. The van der Waals surface area contributed by atoms with Crippen molar-refractivity contribution in [2.75, 3.05) is 5.32 Å². The zero-order chi connectivity index (χ0) is 24.2. The molecule has 35 heavy (non-hydrogen) atoms. The highest BCUT2D eigenvalue weighted by atomic mass is 16.5. The summed E-state index contributed by atoms with van der Waals surface area (Å²) in [5, 5.41) is 2.90. The molecule has 6 nitrogen and oxygen atoms in total. The van der Waals surface area contributed by atoms with Crippen LogP contribution in [0.3, 0.4) is 0 Å². The fourth-order valence-electron chi connectivity index (χ4n) is 3.79. The quantitative estimate of drug-likeness (QED) is 0.297. The zero-order valence-electron chi connectivity index (χ0n) is 19.1. The maximum absolute atomic E-state index is 12.8. The Labute approximate surface area is 202 Å². The molecule has 0 fully saturated rings. The number of amides is 1. The van der Waals surface area contributed by atoms with Crippen molar-refractivity contribution < 1.29 is 14.3 Å². The Morgan fingerprint density at radius 1 is 0.829 bits per heavy atom. The third-order valence-corrected chi connectivity index (χ3v) is 5.61. The molecule has 0 saturated heterocycles. The smallest absolute Gasteiger partial charge is 0.265 e. The summed E-state index contributed by atoms with van der Waals surface area (Å²) in [6.07, 6.45) is -0.659. The fourth-order valence-corrected chi connectivity index (χ4v) is 3.79. The van der Waals surface area contributed by atoms with Gasteiger partial charge >= 0.3 is 0 Å². The van der Waals surface area contributed by atoms with Gasteiger partial charge in [-0.2, -0.15) is 0 Å². The molecule has 1 aromatic heterocycles. The molecule has 1 atom stereocenters. The summed E-state index contributed by atoms with van der Waals surface area (Å²) in [5.74, 6) is 0.991. The van der Waals surface area contributed by atoms with Crippen molar-refractivity contribution in [2.24, 2.45) is 0 Å². The van der Waals surface area contributed by atoms with E-state index in [0.29, 0.717) is 28.4 Å². The van der Waals surface area contributed by atoms with Crippen molar-refractivity contribution >= 4 is 28.4 Å². The molecule has 1 amide bonds. The number of aromatic amines is 1. The average Bonchev–Trinajstić information content (AvgIpc) is 3.33. The molecule has 0 aliphatic carbocycles. The summed E-state index contributed by atoms with van der Waals surface area (Å²) in [6.45, 7) is 1.71. The summed E-state index contributed by atoms with van der Waals surface area (Å²) < 4.78 is 5.71. The molecule has 5 aromatic rings. The van der Waals surface area contributed by atoms with Gasteiger partial charge in [0.1, 0.15) is 11.6 Å². The number of carbonyl (C=O) groups excluding carboxylic acids is 2. The third-order valence-electron chi connectivity index (χ3n) is 5.61. The lowest BCUT2D eigenvalue weighted by Gasteiger charge is -2.15. The van der Waals surface area contributed by atoms with Crippen LogP contribution in [0, 0.1) is 0 Å². The number of nitrogens with one attached hydrogen (secondary N) is 2.